The van der Waals surface area contributed by atoms with Gasteiger partial charge in [0, 0.05) is 50.2 Å². The molecule has 1 aliphatic heterocycles. The molecule has 1 atom stereocenters. The Morgan fingerprint density at radius 3 is 2.81 bits per heavy atom. The number of piperidine rings is 1. The van der Waals surface area contributed by atoms with Crippen LogP contribution in [0.3, 0.4) is 0 Å². The lowest BCUT2D eigenvalue weighted by Gasteiger charge is -2.32. The molecule has 6 heteroatoms. The van der Waals surface area contributed by atoms with Crippen LogP contribution in [-0.4, -0.2) is 38.4 Å². The predicted octanol–water partition coefficient (Wildman–Crippen LogP) is 3.64. The van der Waals surface area contributed by atoms with Gasteiger partial charge in [0.2, 0.25) is 0 Å². The van der Waals surface area contributed by atoms with Gasteiger partial charge in [-0.15, -0.1) is 0 Å². The lowest BCUT2D eigenvalue weighted by molar-refractivity contribution is 0.0703. The van der Waals surface area contributed by atoms with Gasteiger partial charge in [-0.3, -0.25) is 9.78 Å². The van der Waals surface area contributed by atoms with E-state index in [1.807, 2.05) is 22.7 Å². The van der Waals surface area contributed by atoms with Crippen LogP contribution in [0.1, 0.15) is 34.9 Å². The molecule has 0 bridgehead atoms. The van der Waals surface area contributed by atoms with Crippen molar-refractivity contribution in [2.24, 2.45) is 7.05 Å². The summed E-state index contributed by atoms with van der Waals surface area (Å²) >= 11 is 0. The lowest BCUT2D eigenvalue weighted by atomic mass is 9.96. The zero-order valence-electron chi connectivity index (χ0n) is 15.2. The maximum atomic E-state index is 13.4. The maximum absolute atomic E-state index is 13.4. The monoisotopic (exact) mass is 364 g/mol. The standard InChI is InChI=1S/C21H21FN4O/c1-25-11-9-23-20(25)17-5-3-10-26(14-17)21(27)16-7-8-19(24-13-16)15-4-2-6-18(22)12-15/h2,4,6-9,11-13,17H,3,5,10,14H2,1H3/t17-/m0/s1. The summed E-state index contributed by atoms with van der Waals surface area (Å²) in [6.07, 6.45) is 7.30. The Labute approximate surface area is 157 Å². The van der Waals surface area contributed by atoms with Gasteiger partial charge >= 0.3 is 0 Å². The quantitative estimate of drug-likeness (QED) is 0.713. The van der Waals surface area contributed by atoms with Crippen LogP contribution in [-0.2, 0) is 7.05 Å². The molecule has 0 spiro atoms. The van der Waals surface area contributed by atoms with Gasteiger partial charge in [0.1, 0.15) is 11.6 Å². The number of rotatable bonds is 3. The van der Waals surface area contributed by atoms with Gasteiger partial charge in [0.25, 0.3) is 5.91 Å². The molecule has 1 fully saturated rings. The Hall–Kier alpha value is -3.02. The normalized spacial score (nSPS) is 17.1. The maximum Gasteiger partial charge on any atom is 0.255 e. The van der Waals surface area contributed by atoms with Gasteiger partial charge in [-0.25, -0.2) is 9.37 Å². The largest absolute Gasteiger partial charge is 0.338 e. The molecular formula is C21H21FN4O. The number of nitrogens with zero attached hydrogens (tertiary/aromatic N) is 4. The molecular weight excluding hydrogens is 343 g/mol. The third-order valence-electron chi connectivity index (χ3n) is 5.06. The van der Waals surface area contributed by atoms with Crippen LogP contribution in [0, 0.1) is 5.82 Å². The molecule has 0 radical (unpaired) electrons. The summed E-state index contributed by atoms with van der Waals surface area (Å²) in [5, 5.41) is 0. The van der Waals surface area contributed by atoms with Crippen molar-refractivity contribution in [3.05, 3.63) is 72.2 Å². The highest BCUT2D eigenvalue weighted by Crippen LogP contribution is 2.26. The fourth-order valence-electron chi connectivity index (χ4n) is 3.66. The number of aromatic nitrogens is 3. The van der Waals surface area contributed by atoms with Gasteiger partial charge in [0.05, 0.1) is 11.3 Å². The number of hydrogen-bond acceptors (Lipinski definition) is 3. The highest BCUT2D eigenvalue weighted by atomic mass is 19.1. The molecule has 27 heavy (non-hydrogen) atoms. The number of amides is 1. The van der Waals surface area contributed by atoms with Gasteiger partial charge in [-0.05, 0) is 37.1 Å². The molecule has 1 saturated heterocycles. The highest BCUT2D eigenvalue weighted by Gasteiger charge is 2.27. The van der Waals surface area contributed by atoms with E-state index in [0.717, 1.165) is 25.2 Å². The summed E-state index contributed by atoms with van der Waals surface area (Å²) in [6, 6.07) is 9.82. The smallest absolute Gasteiger partial charge is 0.255 e. The Morgan fingerprint density at radius 1 is 1.22 bits per heavy atom. The highest BCUT2D eigenvalue weighted by molar-refractivity contribution is 5.94. The van der Waals surface area contributed by atoms with Crippen LogP contribution in [0.5, 0.6) is 0 Å². The third-order valence-corrected chi connectivity index (χ3v) is 5.06. The van der Waals surface area contributed by atoms with Crippen LogP contribution in [0.2, 0.25) is 0 Å². The molecule has 0 unspecified atom stereocenters. The second-order valence-electron chi connectivity index (χ2n) is 6.93. The first-order chi connectivity index (χ1) is 13.1. The molecule has 3 heterocycles. The van der Waals surface area contributed by atoms with E-state index in [1.165, 1.54) is 12.1 Å². The molecule has 0 saturated carbocycles. The Morgan fingerprint density at radius 2 is 2.11 bits per heavy atom. The molecule has 0 N–H and O–H groups in total. The van der Waals surface area contributed by atoms with Crippen molar-refractivity contribution in [3.63, 3.8) is 0 Å². The van der Waals surface area contributed by atoms with Gasteiger partial charge in [0.15, 0.2) is 0 Å². The molecule has 1 amide bonds. The number of likely N-dealkylation sites (tertiary alicyclic amines) is 1. The fourth-order valence-corrected chi connectivity index (χ4v) is 3.66. The first-order valence-electron chi connectivity index (χ1n) is 9.10. The van der Waals surface area contributed by atoms with E-state index >= 15 is 0 Å². The van der Waals surface area contributed by atoms with Crippen molar-refractivity contribution in [2.75, 3.05) is 13.1 Å². The minimum atomic E-state index is -0.303. The van der Waals surface area contributed by atoms with E-state index in [0.29, 0.717) is 23.4 Å². The van der Waals surface area contributed by atoms with Gasteiger partial charge < -0.3 is 9.47 Å². The van der Waals surface area contributed by atoms with E-state index in [4.69, 9.17) is 0 Å². The van der Waals surface area contributed by atoms with Crippen molar-refractivity contribution in [3.8, 4) is 11.3 Å². The molecule has 0 aliphatic carbocycles. The number of carbonyl (C=O) groups is 1. The number of hydrogen-bond donors (Lipinski definition) is 0. The van der Waals surface area contributed by atoms with Crippen molar-refractivity contribution in [2.45, 2.75) is 18.8 Å². The Kier molecular flexibility index (Phi) is 4.71. The van der Waals surface area contributed by atoms with Crippen LogP contribution in [0.25, 0.3) is 11.3 Å². The van der Waals surface area contributed by atoms with Gasteiger partial charge in [-0.2, -0.15) is 0 Å². The Balaban J connectivity index is 1.50. The summed E-state index contributed by atoms with van der Waals surface area (Å²) in [5.41, 5.74) is 1.90. The molecule has 1 aromatic carbocycles. The van der Waals surface area contributed by atoms with Crippen LogP contribution in [0.15, 0.2) is 55.0 Å². The van der Waals surface area contributed by atoms with E-state index in [1.54, 1.807) is 36.7 Å². The van der Waals surface area contributed by atoms with Crippen LogP contribution in [0.4, 0.5) is 4.39 Å². The second kappa shape index (κ2) is 7.31. The summed E-state index contributed by atoms with van der Waals surface area (Å²) in [7, 11) is 1.98. The summed E-state index contributed by atoms with van der Waals surface area (Å²) < 4.78 is 15.4. The average Bonchev–Trinajstić information content (AvgIpc) is 3.13. The average molecular weight is 364 g/mol. The zero-order chi connectivity index (χ0) is 18.8. The van der Waals surface area contributed by atoms with E-state index < -0.39 is 0 Å². The topological polar surface area (TPSA) is 51.0 Å². The minimum absolute atomic E-state index is 0.0211. The summed E-state index contributed by atoms with van der Waals surface area (Å²) in [6.45, 7) is 1.40. The number of aryl methyl sites for hydroxylation is 1. The molecule has 1 aliphatic rings. The van der Waals surface area contributed by atoms with Crippen molar-refractivity contribution >= 4 is 5.91 Å². The number of imidazole rings is 1. The molecule has 3 aromatic rings. The zero-order valence-corrected chi connectivity index (χ0v) is 15.2. The van der Waals surface area contributed by atoms with E-state index in [2.05, 4.69) is 9.97 Å². The number of pyridine rings is 1. The lowest BCUT2D eigenvalue weighted by Crippen LogP contribution is -2.39. The fraction of sp³-hybridized carbons (Fsp3) is 0.286. The Bertz CT molecular complexity index is 951. The summed E-state index contributed by atoms with van der Waals surface area (Å²) in [5.74, 6) is 0.949. The van der Waals surface area contributed by atoms with Crippen molar-refractivity contribution in [1.82, 2.24) is 19.4 Å². The minimum Gasteiger partial charge on any atom is -0.338 e. The first-order valence-corrected chi connectivity index (χ1v) is 9.10. The predicted molar refractivity (Wildman–Crippen MR) is 101 cm³/mol. The molecule has 2 aromatic heterocycles. The van der Waals surface area contributed by atoms with E-state index in [-0.39, 0.29) is 17.6 Å². The van der Waals surface area contributed by atoms with Crippen LogP contribution < -0.4 is 0 Å². The number of carbonyl (C=O) groups excluding carboxylic acids is 1. The molecule has 4 rings (SSSR count). The van der Waals surface area contributed by atoms with E-state index in [9.17, 15) is 9.18 Å². The first kappa shape index (κ1) is 17.4. The number of benzene rings is 1. The molecule has 138 valence electrons. The van der Waals surface area contributed by atoms with Crippen LogP contribution >= 0.6 is 0 Å². The van der Waals surface area contributed by atoms with Crippen molar-refractivity contribution < 1.29 is 9.18 Å². The van der Waals surface area contributed by atoms with Gasteiger partial charge in [-0.1, -0.05) is 12.1 Å². The van der Waals surface area contributed by atoms with Crippen molar-refractivity contribution in [1.29, 1.82) is 0 Å². The number of halogens is 1. The summed E-state index contributed by atoms with van der Waals surface area (Å²) in [4.78, 5) is 23.6. The SMILES string of the molecule is Cn1ccnc1[C@H]1CCCN(C(=O)c2ccc(-c3cccc(F)c3)nc2)C1. The molecule has 5 nitrogen and oxygen atoms in total. The third kappa shape index (κ3) is 3.60. The second-order valence-corrected chi connectivity index (χ2v) is 6.93.